The molecule has 0 aliphatic heterocycles. The van der Waals surface area contributed by atoms with Crippen LogP contribution in [0.1, 0.15) is 60.4 Å². The predicted octanol–water partition coefficient (Wildman–Crippen LogP) is 3.88. The molecule has 186 valence electrons. The minimum absolute atomic E-state index is 0.0945. The topological polar surface area (TPSA) is 113 Å². The number of hydrogen-bond donors (Lipinski definition) is 2. The number of esters is 1. The van der Waals surface area contributed by atoms with Gasteiger partial charge in [-0.05, 0) is 81.1 Å². The number of anilines is 1. The zero-order chi connectivity index (χ0) is 26.0. The molecule has 0 spiro atoms. The normalized spacial score (nSPS) is 14.8. The monoisotopic (exact) mass is 487 g/mol. The number of H-pyrrole nitrogens is 1. The maximum atomic E-state index is 12.9. The number of carbonyl (C=O) groups is 2. The first kappa shape index (κ1) is 25.0. The highest BCUT2D eigenvalue weighted by Crippen LogP contribution is 2.36. The van der Waals surface area contributed by atoms with E-state index in [1.165, 1.54) is 0 Å². The third-order valence-electron chi connectivity index (χ3n) is 6.37. The second-order valence-corrected chi connectivity index (χ2v) is 10.1. The molecule has 0 saturated carbocycles. The van der Waals surface area contributed by atoms with Crippen LogP contribution in [0.2, 0.25) is 0 Å². The van der Waals surface area contributed by atoms with E-state index in [1.807, 2.05) is 17.0 Å². The van der Waals surface area contributed by atoms with Crippen molar-refractivity contribution in [2.75, 3.05) is 18.0 Å². The number of carboxylic acid groups (broad SMARTS) is 1. The van der Waals surface area contributed by atoms with Gasteiger partial charge in [-0.25, -0.2) is 9.78 Å². The molecular formula is C28H29N3O5. The zero-order valence-corrected chi connectivity index (χ0v) is 20.6. The first-order valence-electron chi connectivity index (χ1n) is 11.8. The largest absolute Gasteiger partial charge is 0.478 e. The van der Waals surface area contributed by atoms with Crippen LogP contribution in [0.15, 0.2) is 41.2 Å². The van der Waals surface area contributed by atoms with Crippen molar-refractivity contribution < 1.29 is 19.4 Å². The number of aromatic carboxylic acids is 1. The number of aryl methyl sites for hydroxylation is 1. The Bertz CT molecular complexity index is 1410. The Hall–Kier alpha value is -4.12. The van der Waals surface area contributed by atoms with Crippen LogP contribution in [0.4, 0.5) is 5.69 Å². The number of fused-ring (bicyclic) bond motifs is 2. The second-order valence-electron chi connectivity index (χ2n) is 10.1. The number of ether oxygens (including phenoxy) is 1. The predicted molar refractivity (Wildman–Crippen MR) is 137 cm³/mol. The van der Waals surface area contributed by atoms with E-state index in [0.29, 0.717) is 29.8 Å². The Labute approximate surface area is 209 Å². The minimum Gasteiger partial charge on any atom is -0.478 e. The summed E-state index contributed by atoms with van der Waals surface area (Å²) in [6.45, 7) is 6.22. The molecule has 4 rings (SSSR count). The van der Waals surface area contributed by atoms with Gasteiger partial charge >= 0.3 is 11.9 Å². The lowest BCUT2D eigenvalue weighted by Crippen LogP contribution is -2.28. The van der Waals surface area contributed by atoms with Gasteiger partial charge in [-0.3, -0.25) is 9.59 Å². The molecule has 1 aromatic heterocycles. The lowest BCUT2D eigenvalue weighted by molar-refractivity contribution is -0.154. The van der Waals surface area contributed by atoms with Gasteiger partial charge < -0.3 is 19.7 Å². The van der Waals surface area contributed by atoms with Crippen molar-refractivity contribution in [3.05, 3.63) is 69.3 Å². The van der Waals surface area contributed by atoms with Crippen LogP contribution < -0.4 is 10.5 Å². The van der Waals surface area contributed by atoms with Gasteiger partial charge in [-0.2, -0.15) is 0 Å². The van der Waals surface area contributed by atoms with Gasteiger partial charge in [0.05, 0.1) is 28.4 Å². The number of carbonyl (C=O) groups excluding carboxylic acids is 1. The molecule has 1 heterocycles. The fraction of sp³-hybridized carbons (Fsp3) is 0.357. The van der Waals surface area contributed by atoms with E-state index in [9.17, 15) is 14.4 Å². The van der Waals surface area contributed by atoms with Gasteiger partial charge in [0.15, 0.2) is 0 Å². The van der Waals surface area contributed by atoms with Crippen molar-refractivity contribution in [3.8, 4) is 12.3 Å². The summed E-state index contributed by atoms with van der Waals surface area (Å²) in [7, 11) is 0. The highest BCUT2D eigenvalue weighted by molar-refractivity contribution is 5.88. The quantitative estimate of drug-likeness (QED) is 0.384. The molecule has 1 unspecified atom stereocenters. The van der Waals surface area contributed by atoms with Crippen molar-refractivity contribution in [1.29, 1.82) is 0 Å². The molecule has 0 amide bonds. The number of hydrogen-bond acceptors (Lipinski definition) is 6. The molecule has 1 aliphatic rings. The van der Waals surface area contributed by atoms with Gasteiger partial charge in [0, 0.05) is 18.2 Å². The molecule has 36 heavy (non-hydrogen) atoms. The van der Waals surface area contributed by atoms with Crippen molar-refractivity contribution in [1.82, 2.24) is 9.97 Å². The number of aromatic amines is 1. The van der Waals surface area contributed by atoms with Gasteiger partial charge in [0.1, 0.15) is 12.4 Å². The molecule has 2 aromatic carbocycles. The lowest BCUT2D eigenvalue weighted by Gasteiger charge is -2.26. The van der Waals surface area contributed by atoms with Gasteiger partial charge in [-0.1, -0.05) is 5.92 Å². The average molecular weight is 488 g/mol. The molecule has 1 aliphatic carbocycles. The van der Waals surface area contributed by atoms with E-state index in [1.54, 1.807) is 45.0 Å². The summed E-state index contributed by atoms with van der Waals surface area (Å²) in [4.78, 5) is 45.4. The number of nitrogens with zero attached hydrogens (tertiary/aromatic N) is 2. The zero-order valence-electron chi connectivity index (χ0n) is 20.6. The number of nitrogens with one attached hydrogen (secondary N) is 1. The summed E-state index contributed by atoms with van der Waals surface area (Å²) in [5, 5.41) is 9.65. The third kappa shape index (κ3) is 5.25. The van der Waals surface area contributed by atoms with E-state index in [4.69, 9.17) is 16.3 Å². The van der Waals surface area contributed by atoms with E-state index in [0.717, 1.165) is 29.7 Å². The van der Waals surface area contributed by atoms with Crippen molar-refractivity contribution >= 4 is 28.5 Å². The third-order valence-corrected chi connectivity index (χ3v) is 6.37. The van der Waals surface area contributed by atoms with Crippen molar-refractivity contribution in [2.24, 2.45) is 5.41 Å². The van der Waals surface area contributed by atoms with E-state index in [2.05, 4.69) is 15.9 Å². The van der Waals surface area contributed by atoms with Crippen molar-refractivity contribution in [3.63, 3.8) is 0 Å². The maximum Gasteiger partial charge on any atom is 0.335 e. The molecule has 0 bridgehead atoms. The summed E-state index contributed by atoms with van der Waals surface area (Å²) < 4.78 is 5.31. The number of rotatable bonds is 7. The molecule has 0 fully saturated rings. The van der Waals surface area contributed by atoms with Crippen LogP contribution in [0.3, 0.4) is 0 Å². The summed E-state index contributed by atoms with van der Waals surface area (Å²) in [6.07, 6.45) is 7.36. The van der Waals surface area contributed by atoms with Crippen LogP contribution in [0.25, 0.3) is 10.9 Å². The summed E-state index contributed by atoms with van der Waals surface area (Å²) in [5.41, 5.74) is 2.94. The van der Waals surface area contributed by atoms with E-state index < -0.39 is 11.4 Å². The fourth-order valence-electron chi connectivity index (χ4n) is 4.44. The highest BCUT2D eigenvalue weighted by atomic mass is 16.5. The van der Waals surface area contributed by atoms with Gasteiger partial charge in [0.25, 0.3) is 5.56 Å². The molecule has 0 radical (unpaired) electrons. The van der Waals surface area contributed by atoms with Crippen LogP contribution in [-0.2, 0) is 22.6 Å². The van der Waals surface area contributed by atoms with Crippen molar-refractivity contribution in [2.45, 2.75) is 46.1 Å². The van der Waals surface area contributed by atoms with Crippen LogP contribution in [0, 0.1) is 17.8 Å². The smallest absolute Gasteiger partial charge is 0.335 e. The minimum atomic E-state index is -0.976. The Morgan fingerprint density at radius 3 is 2.61 bits per heavy atom. The second kappa shape index (κ2) is 9.86. The molecular weight excluding hydrogens is 458 g/mol. The van der Waals surface area contributed by atoms with Crippen LogP contribution >= 0.6 is 0 Å². The molecule has 2 N–H and O–H groups in total. The Kier molecular flexibility index (Phi) is 6.84. The summed E-state index contributed by atoms with van der Waals surface area (Å²) in [5.74, 6) is 1.81. The van der Waals surface area contributed by atoms with Gasteiger partial charge in [-0.15, -0.1) is 6.42 Å². The molecule has 0 saturated heterocycles. The average Bonchev–Trinajstić information content (AvgIpc) is 3.22. The number of terminal acetylenes is 1. The van der Waals surface area contributed by atoms with Crippen LogP contribution in [0.5, 0.6) is 0 Å². The molecule has 8 nitrogen and oxygen atoms in total. The Balaban J connectivity index is 1.58. The first-order valence-corrected chi connectivity index (χ1v) is 11.8. The summed E-state index contributed by atoms with van der Waals surface area (Å²) in [6, 6.07) is 10.5. The SMILES string of the molecule is C#CCN(CC1CCc2cc3nc(COC(=O)C(C)(C)C)[nH]c(=O)c3cc21)c1ccc(C(=O)O)cc1. The number of benzene rings is 2. The number of carboxylic acids is 1. The van der Waals surface area contributed by atoms with E-state index in [-0.39, 0.29) is 29.6 Å². The molecule has 1 atom stereocenters. The fourth-order valence-corrected chi connectivity index (χ4v) is 4.44. The highest BCUT2D eigenvalue weighted by Gasteiger charge is 2.27. The van der Waals surface area contributed by atoms with Crippen LogP contribution in [-0.4, -0.2) is 40.1 Å². The Morgan fingerprint density at radius 2 is 1.97 bits per heavy atom. The molecule has 3 aromatic rings. The molecule has 8 heteroatoms. The van der Waals surface area contributed by atoms with E-state index >= 15 is 0 Å². The Morgan fingerprint density at radius 1 is 1.25 bits per heavy atom. The lowest BCUT2D eigenvalue weighted by atomic mass is 9.97. The number of aromatic nitrogens is 2. The maximum absolute atomic E-state index is 12.9. The first-order chi connectivity index (χ1) is 17.1. The standard InChI is InChI=1S/C28H29N3O5/c1-5-12-31(20-10-8-17(9-11-20)26(33)34)15-19-7-6-18-13-23-22(14-21(18)19)25(32)30-24(29-23)16-36-27(35)28(2,3)4/h1,8-11,13-14,19H,6-7,12,15-16H2,2-4H3,(H,33,34)(H,29,30,32). The summed E-state index contributed by atoms with van der Waals surface area (Å²) >= 11 is 0. The van der Waals surface area contributed by atoms with Gasteiger partial charge in [0.2, 0.25) is 0 Å².